The van der Waals surface area contributed by atoms with Crippen molar-refractivity contribution in [3.63, 3.8) is 0 Å². The lowest BCUT2D eigenvalue weighted by molar-refractivity contribution is -0.122. The molecular formula is C15H23ClN2O3S. The number of amides is 1. The van der Waals surface area contributed by atoms with Crippen LogP contribution in [0.15, 0.2) is 24.3 Å². The molecule has 7 heteroatoms. The Hall–Kier alpha value is -1.27. The Morgan fingerprint density at radius 1 is 1.27 bits per heavy atom. The highest BCUT2D eigenvalue weighted by atomic mass is 35.5. The van der Waals surface area contributed by atoms with Gasteiger partial charge in [0.05, 0.1) is 11.9 Å². The number of nitrogens with zero attached hydrogens (tertiary/aromatic N) is 1. The van der Waals surface area contributed by atoms with E-state index >= 15 is 0 Å². The third-order valence-corrected chi connectivity index (χ3v) is 4.53. The fourth-order valence-corrected chi connectivity index (χ4v) is 3.41. The van der Waals surface area contributed by atoms with Gasteiger partial charge in [-0.15, -0.1) is 0 Å². The third kappa shape index (κ3) is 5.18. The van der Waals surface area contributed by atoms with Crippen LogP contribution >= 0.6 is 11.6 Å². The van der Waals surface area contributed by atoms with Gasteiger partial charge in [-0.05, 0) is 36.6 Å². The van der Waals surface area contributed by atoms with Crippen molar-refractivity contribution >= 4 is 33.2 Å². The topological polar surface area (TPSA) is 66.5 Å². The van der Waals surface area contributed by atoms with Crippen LogP contribution in [0.25, 0.3) is 0 Å². The molecule has 124 valence electrons. The van der Waals surface area contributed by atoms with Crippen LogP contribution in [-0.2, 0) is 14.8 Å². The average molecular weight is 347 g/mol. The molecule has 0 heterocycles. The largest absolute Gasteiger partial charge is 0.354 e. The van der Waals surface area contributed by atoms with Crippen molar-refractivity contribution in [3.05, 3.63) is 29.3 Å². The molecule has 1 N–H and O–H groups in total. The van der Waals surface area contributed by atoms with Crippen molar-refractivity contribution in [1.29, 1.82) is 0 Å². The number of halogens is 1. The smallest absolute Gasteiger partial charge is 0.243 e. The molecule has 0 unspecified atom stereocenters. The average Bonchev–Trinajstić information content (AvgIpc) is 2.42. The lowest BCUT2D eigenvalue weighted by Gasteiger charge is -2.30. The van der Waals surface area contributed by atoms with Gasteiger partial charge in [0.25, 0.3) is 0 Å². The fraction of sp³-hybridized carbons (Fsp3) is 0.533. The predicted octanol–water partition coefficient (Wildman–Crippen LogP) is 2.66. The van der Waals surface area contributed by atoms with E-state index in [0.717, 1.165) is 10.6 Å². The van der Waals surface area contributed by atoms with Crippen LogP contribution in [0.3, 0.4) is 0 Å². The number of hydrogen-bond acceptors (Lipinski definition) is 3. The molecule has 0 aliphatic rings. The van der Waals surface area contributed by atoms with E-state index in [9.17, 15) is 13.2 Å². The summed E-state index contributed by atoms with van der Waals surface area (Å²) in [5.74, 6) is 0.000228. The summed E-state index contributed by atoms with van der Waals surface area (Å²) >= 11 is 5.84. The molecule has 22 heavy (non-hydrogen) atoms. The second kappa shape index (κ2) is 7.83. The van der Waals surface area contributed by atoms with E-state index < -0.39 is 16.1 Å². The summed E-state index contributed by atoms with van der Waals surface area (Å²) in [6, 6.07) is 5.63. The summed E-state index contributed by atoms with van der Waals surface area (Å²) in [7, 11) is -3.60. The van der Waals surface area contributed by atoms with Gasteiger partial charge in [0.2, 0.25) is 15.9 Å². The highest BCUT2D eigenvalue weighted by Crippen LogP contribution is 2.24. The van der Waals surface area contributed by atoms with Crippen LogP contribution in [0.1, 0.15) is 27.2 Å². The quantitative estimate of drug-likeness (QED) is 0.825. The number of nitrogens with one attached hydrogen (secondary N) is 1. The van der Waals surface area contributed by atoms with Crippen LogP contribution in [0, 0.1) is 5.92 Å². The molecule has 0 spiro atoms. The highest BCUT2D eigenvalue weighted by Gasteiger charge is 2.31. The van der Waals surface area contributed by atoms with Gasteiger partial charge in [0, 0.05) is 11.6 Å². The number of hydrogen-bond donors (Lipinski definition) is 1. The maximum absolute atomic E-state index is 12.4. The Kier molecular flexibility index (Phi) is 6.68. The standard InChI is InChI=1S/C15H23ClN2O3S/c1-5-14(15(19)17-10-11(2)3)18(22(4,20)21)13-8-6-12(16)7-9-13/h6-9,11,14H,5,10H2,1-4H3,(H,17,19)/t14-/m0/s1. The third-order valence-electron chi connectivity index (χ3n) is 3.10. The van der Waals surface area contributed by atoms with Gasteiger partial charge in [0.1, 0.15) is 6.04 Å². The van der Waals surface area contributed by atoms with Crippen molar-refractivity contribution in [2.75, 3.05) is 17.1 Å². The predicted molar refractivity (Wildman–Crippen MR) is 90.7 cm³/mol. The number of carbonyl (C=O) groups excluding carboxylic acids is 1. The van der Waals surface area contributed by atoms with Crippen LogP contribution in [0.5, 0.6) is 0 Å². The fourth-order valence-electron chi connectivity index (χ4n) is 2.07. The van der Waals surface area contributed by atoms with Crippen molar-refractivity contribution in [2.24, 2.45) is 5.92 Å². The molecule has 0 fully saturated rings. The summed E-state index contributed by atoms with van der Waals surface area (Å²) in [4.78, 5) is 12.4. The molecule has 0 aliphatic heterocycles. The number of anilines is 1. The van der Waals surface area contributed by atoms with Crippen LogP contribution in [0.4, 0.5) is 5.69 Å². The second-order valence-corrected chi connectivity index (χ2v) is 7.89. The molecule has 1 aromatic rings. The molecule has 1 aromatic carbocycles. The number of benzene rings is 1. The molecular weight excluding hydrogens is 324 g/mol. The Morgan fingerprint density at radius 2 is 1.82 bits per heavy atom. The van der Waals surface area contributed by atoms with E-state index in [2.05, 4.69) is 5.32 Å². The van der Waals surface area contributed by atoms with E-state index in [-0.39, 0.29) is 5.91 Å². The monoisotopic (exact) mass is 346 g/mol. The maximum atomic E-state index is 12.4. The van der Waals surface area contributed by atoms with E-state index in [1.807, 2.05) is 13.8 Å². The Balaban J connectivity index is 3.14. The van der Waals surface area contributed by atoms with Gasteiger partial charge in [-0.1, -0.05) is 32.4 Å². The molecule has 5 nitrogen and oxygen atoms in total. The molecule has 0 radical (unpaired) electrons. The molecule has 1 rings (SSSR count). The highest BCUT2D eigenvalue weighted by molar-refractivity contribution is 7.92. The summed E-state index contributed by atoms with van der Waals surface area (Å²) in [5, 5.41) is 3.30. The summed E-state index contributed by atoms with van der Waals surface area (Å²) < 4.78 is 25.5. The van der Waals surface area contributed by atoms with Crippen molar-refractivity contribution in [2.45, 2.75) is 33.2 Å². The molecule has 0 saturated carbocycles. The first kappa shape index (κ1) is 18.8. The van der Waals surface area contributed by atoms with Gasteiger partial charge < -0.3 is 5.32 Å². The number of carbonyl (C=O) groups is 1. The van der Waals surface area contributed by atoms with E-state index in [0.29, 0.717) is 29.6 Å². The first-order valence-electron chi connectivity index (χ1n) is 7.19. The minimum Gasteiger partial charge on any atom is -0.354 e. The normalized spacial score (nSPS) is 13.0. The molecule has 0 aromatic heterocycles. The number of rotatable bonds is 7. The van der Waals surface area contributed by atoms with Crippen LogP contribution in [0.2, 0.25) is 5.02 Å². The maximum Gasteiger partial charge on any atom is 0.243 e. The minimum absolute atomic E-state index is 0.295. The van der Waals surface area contributed by atoms with Crippen molar-refractivity contribution < 1.29 is 13.2 Å². The lowest BCUT2D eigenvalue weighted by Crippen LogP contribution is -2.49. The Bertz CT molecular complexity index is 600. The van der Waals surface area contributed by atoms with E-state index in [1.165, 1.54) is 0 Å². The van der Waals surface area contributed by atoms with E-state index in [4.69, 9.17) is 11.6 Å². The summed E-state index contributed by atoms with van der Waals surface area (Å²) in [6.45, 7) is 6.25. The SMILES string of the molecule is CC[C@@H](C(=O)NCC(C)C)N(c1ccc(Cl)cc1)S(C)(=O)=O. The zero-order chi connectivity index (χ0) is 16.9. The van der Waals surface area contributed by atoms with Gasteiger partial charge in [-0.25, -0.2) is 8.42 Å². The molecule has 0 aliphatic carbocycles. The van der Waals surface area contributed by atoms with E-state index in [1.54, 1.807) is 31.2 Å². The Labute approximate surface area is 137 Å². The zero-order valence-corrected chi connectivity index (χ0v) is 14.9. The first-order chi connectivity index (χ1) is 10.2. The minimum atomic E-state index is -3.60. The van der Waals surface area contributed by atoms with Crippen LogP contribution < -0.4 is 9.62 Å². The molecule has 1 amide bonds. The summed E-state index contributed by atoms with van der Waals surface area (Å²) in [6.07, 6.45) is 1.47. The van der Waals surface area contributed by atoms with Crippen molar-refractivity contribution in [3.8, 4) is 0 Å². The molecule has 0 saturated heterocycles. The molecule has 1 atom stereocenters. The Morgan fingerprint density at radius 3 is 2.23 bits per heavy atom. The molecule has 0 bridgehead atoms. The first-order valence-corrected chi connectivity index (χ1v) is 9.42. The van der Waals surface area contributed by atoms with Crippen molar-refractivity contribution in [1.82, 2.24) is 5.32 Å². The van der Waals surface area contributed by atoms with Gasteiger partial charge in [-0.2, -0.15) is 0 Å². The van der Waals surface area contributed by atoms with Gasteiger partial charge in [-0.3, -0.25) is 9.10 Å². The van der Waals surface area contributed by atoms with Gasteiger partial charge in [0.15, 0.2) is 0 Å². The summed E-state index contributed by atoms with van der Waals surface area (Å²) in [5.41, 5.74) is 0.429. The van der Waals surface area contributed by atoms with Crippen LogP contribution in [-0.4, -0.2) is 33.2 Å². The zero-order valence-electron chi connectivity index (χ0n) is 13.3. The van der Waals surface area contributed by atoms with Gasteiger partial charge >= 0.3 is 0 Å². The lowest BCUT2D eigenvalue weighted by atomic mass is 10.1. The number of sulfonamides is 1. The second-order valence-electron chi connectivity index (χ2n) is 5.60.